The van der Waals surface area contributed by atoms with Gasteiger partial charge in [-0.3, -0.25) is 44.1 Å². The lowest BCUT2D eigenvalue weighted by atomic mass is 9.81. The normalized spacial score (nSPS) is 13.4. The topological polar surface area (TPSA) is 479 Å². The first kappa shape index (κ1) is 98.0. The number of rotatable bonds is 12. The number of hydrogen-bond acceptors (Lipinski definition) is 27. The summed E-state index contributed by atoms with van der Waals surface area (Å²) < 4.78 is 25.3. The van der Waals surface area contributed by atoms with E-state index in [0.29, 0.717) is 39.8 Å². The molecule has 4 aliphatic rings. The molecule has 8 heterocycles. The molecule has 0 saturated carbocycles. The highest BCUT2D eigenvalue weighted by Gasteiger charge is 2.38. The standard InChI is InChI=1S/C19H13NO.C16H17NO2.C16H12O.C14H12N4O2.C14H14N4O2.C12H10N4O2.C10H14N2O2.C10H8O3/c1-2-8-15(9-3-1)18-13-20-19(21-18)17-12-6-10-14-7-4-5-11-16(14)17;1-10-8-14(18)19-16-12-5-3-7-17-6-2-4-11(15(12)17)9-13(10)16;1-3-7-13(8-4-1)15-11-12-16(17-15)14-9-5-2-6-10-14;15-5-1-2-6(16)10-9(5)13(19)11-7(17)3-4-8(18)12(11)14(10)20;1-2-15-11-3-5-12(6-4-11)16-17-13-7-9-14(10-8-13)18(19)20;13-9-1-3-10(4-2-9)14-15-11-5-7-12(8-6-11)16(17)18;1-5-7(3)11-8(4)6(2)10(14)12(11)9(5)13;1-6-4-10(12)13-9-5-7(11)2-3-8(6)9/h1-13H;8-9H,2-7H2,1H3;1-12H;1-4H,15-18H2;3-10,15H,2H2,1H3;1-8H,13H2;5,7H,1-4H3;2-5,11H,1H3. The van der Waals surface area contributed by atoms with Crippen LogP contribution >= 0.6 is 0 Å². The van der Waals surface area contributed by atoms with Crippen molar-refractivity contribution in [2.75, 3.05) is 58.5 Å². The van der Waals surface area contributed by atoms with Gasteiger partial charge in [-0.2, -0.15) is 25.1 Å². The monoisotopic (exact) mass is 1900 g/mol. The number of nitro groups is 2. The highest BCUT2D eigenvalue weighted by atomic mass is 16.6. The zero-order chi connectivity index (χ0) is 101. The van der Waals surface area contributed by atoms with Gasteiger partial charge in [0.2, 0.25) is 5.89 Å². The number of phenols is 1. The van der Waals surface area contributed by atoms with E-state index in [0.717, 1.165) is 128 Å². The predicted molar refractivity (Wildman–Crippen MR) is 555 cm³/mol. The number of anilines is 7. The summed E-state index contributed by atoms with van der Waals surface area (Å²) in [5, 5.41) is 53.7. The van der Waals surface area contributed by atoms with Crippen LogP contribution < -0.4 is 55.7 Å². The highest BCUT2D eigenvalue weighted by Crippen LogP contribution is 2.43. The molecular weight excluding hydrogens is 1800 g/mol. The van der Waals surface area contributed by atoms with E-state index in [1.165, 1.54) is 94.0 Å². The van der Waals surface area contributed by atoms with Crippen LogP contribution in [0, 0.1) is 53.8 Å². The van der Waals surface area contributed by atoms with Crippen molar-refractivity contribution in [3.05, 3.63) is 417 Å². The molecule has 22 rings (SSSR count). The van der Waals surface area contributed by atoms with Gasteiger partial charge in [0.05, 0.1) is 73.0 Å². The third-order valence-electron chi connectivity index (χ3n) is 24.3. The highest BCUT2D eigenvalue weighted by molar-refractivity contribution is 6.34. The van der Waals surface area contributed by atoms with E-state index >= 15 is 0 Å². The number of benzene rings is 13. The van der Waals surface area contributed by atoms with Gasteiger partial charge in [-0.25, -0.2) is 14.6 Å². The largest absolute Gasteiger partial charge is 0.508 e. The van der Waals surface area contributed by atoms with E-state index in [4.69, 9.17) is 51.4 Å². The van der Waals surface area contributed by atoms with Crippen molar-refractivity contribution in [2.45, 2.75) is 80.2 Å². The fourth-order valence-corrected chi connectivity index (χ4v) is 16.8. The number of fused-ring (bicyclic) bond motifs is 7. The lowest BCUT2D eigenvalue weighted by Crippen LogP contribution is -2.34. The molecular formula is C111H100N16O15. The van der Waals surface area contributed by atoms with Gasteiger partial charge in [-0.05, 0) is 228 Å². The van der Waals surface area contributed by atoms with Gasteiger partial charge >= 0.3 is 11.3 Å². The first-order chi connectivity index (χ1) is 68.5. The Morgan fingerprint density at radius 1 is 0.472 bits per heavy atom. The molecule has 142 heavy (non-hydrogen) atoms. The van der Waals surface area contributed by atoms with Crippen molar-refractivity contribution in [3.63, 3.8) is 0 Å². The van der Waals surface area contributed by atoms with Crippen molar-refractivity contribution < 1.29 is 47.0 Å². The maximum Gasteiger partial charge on any atom is 0.336 e. The fraction of sp³-hybridized carbons (Fsp3) is 0.144. The number of nitrogens with two attached hydrogens (primary N) is 5. The molecule has 0 bridgehead atoms. The van der Waals surface area contributed by atoms with Crippen LogP contribution in [0.3, 0.4) is 0 Å². The molecule has 0 spiro atoms. The third-order valence-corrected chi connectivity index (χ3v) is 24.3. The summed E-state index contributed by atoms with van der Waals surface area (Å²) in [5.74, 6) is 2.33. The van der Waals surface area contributed by atoms with E-state index in [-0.39, 0.29) is 91.2 Å². The molecule has 12 N–H and O–H groups in total. The Hall–Kier alpha value is -18.6. The smallest absolute Gasteiger partial charge is 0.336 e. The number of oxazole rings is 1. The number of aromatic nitrogens is 3. The van der Waals surface area contributed by atoms with E-state index in [2.05, 4.69) is 59.9 Å². The number of aryl methyl sites for hydroxylation is 4. The average molecular weight is 1900 g/mol. The van der Waals surface area contributed by atoms with Gasteiger partial charge in [-0.1, -0.05) is 134 Å². The van der Waals surface area contributed by atoms with Crippen LogP contribution in [-0.2, 0) is 12.8 Å². The molecule has 5 aromatic heterocycles. The number of nitrogens with zero attached hydrogens (tertiary/aromatic N) is 10. The van der Waals surface area contributed by atoms with Crippen LogP contribution in [0.15, 0.2) is 362 Å². The Bertz CT molecular complexity index is 7780. The Labute approximate surface area is 813 Å². The lowest BCUT2D eigenvalue weighted by Gasteiger charge is -2.37. The second-order valence-electron chi connectivity index (χ2n) is 33.7. The van der Waals surface area contributed by atoms with Crippen LogP contribution in [0.2, 0.25) is 0 Å². The van der Waals surface area contributed by atoms with Crippen LogP contribution in [-0.4, -0.2) is 66.4 Å². The zero-order valence-electron chi connectivity index (χ0n) is 78.6. The summed E-state index contributed by atoms with van der Waals surface area (Å²) in [7, 11) is 0. The van der Waals surface area contributed by atoms with Gasteiger partial charge < -0.3 is 61.7 Å². The molecule has 0 amide bonds. The minimum atomic E-state index is -0.457. The SMILES string of the molecule is CCNc1ccc(N=Nc2ccc([N+](=O)[O-])cc2)cc1.Cc1c(C)n2n(c1=O)C(=O)C(C)C2C.Cc1cc(=O)oc2c3c4c(cc12)CCCN4CCC3.Cc1cc(=O)oc2cc(O)ccc12.Nc1ccc(N)c2c1C(=O)c1c(N)ccc(N)c1C2=O.Nc1ccc(N=Nc2ccc([N+](=O)[O-])cc2)cc1.c1ccc(-c2ccc(-c3ccccc3)o2)cc1.c1ccc(-c2cnc(-c3cccc4ccccc34)o2)cc1. The lowest BCUT2D eigenvalue weighted by molar-refractivity contribution is -0.385. The molecule has 13 aromatic carbocycles. The van der Waals surface area contributed by atoms with Crippen molar-refractivity contribution in [1.29, 1.82) is 0 Å². The zero-order valence-corrected chi connectivity index (χ0v) is 78.6. The fourth-order valence-electron chi connectivity index (χ4n) is 16.8. The van der Waals surface area contributed by atoms with Gasteiger partial charge in [0.25, 0.3) is 22.8 Å². The first-order valence-corrected chi connectivity index (χ1v) is 45.6. The number of non-ortho nitro benzene ring substituents is 2. The van der Waals surface area contributed by atoms with E-state index < -0.39 is 27.0 Å². The molecule has 0 radical (unpaired) electrons. The van der Waals surface area contributed by atoms with E-state index in [1.54, 1.807) is 79.9 Å². The number of carbonyl (C=O) groups excluding carboxylic acids is 3. The number of furan rings is 1. The molecule has 31 heteroatoms. The quantitative estimate of drug-likeness (QED) is 0.0196. The summed E-state index contributed by atoms with van der Waals surface area (Å²) in [6.07, 6.45) is 6.35. The summed E-state index contributed by atoms with van der Waals surface area (Å²) in [5.41, 5.74) is 46.5. The summed E-state index contributed by atoms with van der Waals surface area (Å²) >= 11 is 0. The van der Waals surface area contributed by atoms with Crippen molar-refractivity contribution >= 4 is 124 Å². The molecule has 0 fully saturated rings. The molecule has 3 aliphatic heterocycles. The van der Waals surface area contributed by atoms with Crippen molar-refractivity contribution in [2.24, 2.45) is 26.4 Å². The predicted octanol–water partition coefficient (Wildman–Crippen LogP) is 24.3. The van der Waals surface area contributed by atoms with Gasteiger partial charge in [0.1, 0.15) is 28.4 Å². The minimum Gasteiger partial charge on any atom is -0.508 e. The summed E-state index contributed by atoms with van der Waals surface area (Å²) in [4.78, 5) is 98.2. The molecule has 31 nitrogen and oxygen atoms in total. The van der Waals surface area contributed by atoms with Crippen LogP contribution in [0.5, 0.6) is 5.75 Å². The van der Waals surface area contributed by atoms with E-state index in [1.807, 2.05) is 198 Å². The Kier molecular flexibility index (Phi) is 30.4. The van der Waals surface area contributed by atoms with Crippen LogP contribution in [0.1, 0.15) is 110 Å². The molecule has 2 atom stereocenters. The number of ketones is 2. The number of aromatic hydroxyl groups is 1. The number of hydrogen-bond donors (Lipinski definition) is 7. The van der Waals surface area contributed by atoms with Gasteiger partial charge in [-0.15, -0.1) is 0 Å². The first-order valence-electron chi connectivity index (χ1n) is 45.6. The molecule has 18 aromatic rings. The van der Waals surface area contributed by atoms with Crippen LogP contribution in [0.25, 0.3) is 78.1 Å². The van der Waals surface area contributed by atoms with Gasteiger partial charge in [0, 0.05) is 152 Å². The van der Waals surface area contributed by atoms with Crippen LogP contribution in [0.4, 0.5) is 73.9 Å². The maximum atomic E-state index is 12.6. The number of phenolic OH excluding ortho intramolecular Hbond substituents is 1. The molecule has 714 valence electrons. The molecule has 0 saturated heterocycles. The number of nitrogens with one attached hydrogen (secondary N) is 1. The molecule has 2 unspecified atom stereocenters. The van der Waals surface area contributed by atoms with Gasteiger partial charge in [0.15, 0.2) is 17.3 Å². The number of nitrogen functional groups attached to an aromatic ring is 5. The number of azo groups is 2. The maximum absolute atomic E-state index is 12.6. The van der Waals surface area contributed by atoms with Crippen molar-refractivity contribution in [3.8, 4) is 51.2 Å². The Morgan fingerprint density at radius 3 is 1.43 bits per heavy atom. The summed E-state index contributed by atoms with van der Waals surface area (Å²) in [6, 6.07) is 91.1. The second kappa shape index (κ2) is 44.1. The Morgan fingerprint density at radius 2 is 0.930 bits per heavy atom. The summed E-state index contributed by atoms with van der Waals surface area (Å²) in [6.45, 7) is 16.5. The van der Waals surface area contributed by atoms with E-state index in [9.17, 15) is 49.0 Å². The third kappa shape index (κ3) is 22.4. The molecule has 1 aliphatic carbocycles. The number of nitro benzene ring substituents is 2. The van der Waals surface area contributed by atoms with Crippen molar-refractivity contribution in [1.82, 2.24) is 14.3 Å². The second-order valence-corrected chi connectivity index (χ2v) is 33.7. The average Bonchev–Trinajstić information content (AvgIpc) is 1.44. The Balaban J connectivity index is 0.000000123. The minimum absolute atomic E-state index is 0.0291. The number of carbonyl (C=O) groups is 3.